The second-order valence-corrected chi connectivity index (χ2v) is 2.87. The molecule has 0 spiro atoms. The summed E-state index contributed by atoms with van der Waals surface area (Å²) in [5.74, 6) is 1.37. The lowest BCUT2D eigenvalue weighted by Crippen LogP contribution is -2.15. The molecule has 2 aromatic rings. The molecule has 1 N–H and O–H groups in total. The summed E-state index contributed by atoms with van der Waals surface area (Å²) in [4.78, 5) is 9.93. The Morgan fingerprint density at radius 1 is 0.933 bits per heavy atom. The van der Waals surface area contributed by atoms with Gasteiger partial charge in [-0.05, 0) is 24.3 Å². The van der Waals surface area contributed by atoms with Crippen molar-refractivity contribution >= 4 is 18.0 Å². The molecule has 4 heteroatoms. The second-order valence-electron chi connectivity index (χ2n) is 2.87. The van der Waals surface area contributed by atoms with Crippen molar-refractivity contribution in [2.24, 2.45) is 0 Å². The first-order chi connectivity index (χ1) is 7.42. The summed E-state index contributed by atoms with van der Waals surface area (Å²) < 4.78 is 0. The monoisotopic (exact) mass is 198 g/mol. The van der Waals surface area contributed by atoms with Gasteiger partial charge in [0.25, 0.3) is 0 Å². The van der Waals surface area contributed by atoms with Crippen LogP contribution in [0.2, 0.25) is 0 Å². The minimum Gasteiger partial charge on any atom is -0.291 e. The Kier molecular flexibility index (Phi) is 2.69. The van der Waals surface area contributed by atoms with Gasteiger partial charge >= 0.3 is 0 Å². The molecule has 4 nitrogen and oxygen atoms in total. The molecule has 0 aliphatic heterocycles. The first kappa shape index (κ1) is 9.33. The summed E-state index contributed by atoms with van der Waals surface area (Å²) >= 11 is 0. The van der Waals surface area contributed by atoms with Crippen LogP contribution < -0.4 is 4.90 Å². The summed E-state index contributed by atoms with van der Waals surface area (Å²) in [6.45, 7) is 0. The fourth-order valence-corrected chi connectivity index (χ4v) is 1.24. The lowest BCUT2D eigenvalue weighted by molar-refractivity contribution is 1.16. The molecule has 15 heavy (non-hydrogen) atoms. The highest BCUT2D eigenvalue weighted by molar-refractivity contribution is 5.84. The molecular formula is C11H10N4. The molecule has 0 saturated carbocycles. The number of hydrogen-bond acceptors (Lipinski definition) is 3. The van der Waals surface area contributed by atoms with Gasteiger partial charge in [0.05, 0.1) is 6.34 Å². The maximum atomic E-state index is 7.36. The molecule has 0 aliphatic carbocycles. The largest absolute Gasteiger partial charge is 0.291 e. The Morgan fingerprint density at radius 3 is 1.80 bits per heavy atom. The van der Waals surface area contributed by atoms with Gasteiger partial charge in [-0.2, -0.15) is 0 Å². The highest BCUT2D eigenvalue weighted by Crippen LogP contribution is 2.17. The van der Waals surface area contributed by atoms with Crippen molar-refractivity contribution in [2.75, 3.05) is 4.90 Å². The van der Waals surface area contributed by atoms with E-state index in [-0.39, 0.29) is 0 Å². The lowest BCUT2D eigenvalue weighted by atomic mass is 10.4. The second kappa shape index (κ2) is 4.32. The molecule has 0 bridgehead atoms. The molecule has 0 aliphatic rings. The van der Waals surface area contributed by atoms with Crippen LogP contribution >= 0.6 is 0 Å². The minimum absolute atomic E-state index is 0.686. The maximum Gasteiger partial charge on any atom is 0.139 e. The molecule has 2 heterocycles. The quantitative estimate of drug-likeness (QED) is 0.607. The fourth-order valence-electron chi connectivity index (χ4n) is 1.24. The van der Waals surface area contributed by atoms with Gasteiger partial charge in [-0.15, -0.1) is 0 Å². The molecule has 0 atom stereocenters. The van der Waals surface area contributed by atoms with E-state index in [4.69, 9.17) is 5.41 Å². The Balaban J connectivity index is 2.38. The Hall–Kier alpha value is -2.23. The minimum atomic E-state index is 0.686. The molecule has 0 unspecified atom stereocenters. The van der Waals surface area contributed by atoms with E-state index in [9.17, 15) is 0 Å². The number of nitrogens with one attached hydrogen (secondary N) is 1. The van der Waals surface area contributed by atoms with E-state index in [0.717, 1.165) is 0 Å². The van der Waals surface area contributed by atoms with E-state index < -0.39 is 0 Å². The van der Waals surface area contributed by atoms with E-state index in [1.165, 1.54) is 6.34 Å². The van der Waals surface area contributed by atoms with Gasteiger partial charge in [0.1, 0.15) is 11.6 Å². The van der Waals surface area contributed by atoms with Crippen molar-refractivity contribution in [1.82, 2.24) is 9.97 Å². The molecule has 0 radical (unpaired) electrons. The van der Waals surface area contributed by atoms with Crippen LogP contribution in [0.5, 0.6) is 0 Å². The lowest BCUT2D eigenvalue weighted by Gasteiger charge is -2.15. The molecule has 74 valence electrons. The predicted octanol–water partition coefficient (Wildman–Crippen LogP) is 2.22. The van der Waals surface area contributed by atoms with Crippen LogP contribution in [0, 0.1) is 5.41 Å². The Bertz CT molecular complexity index is 387. The highest BCUT2D eigenvalue weighted by Gasteiger charge is 2.06. The van der Waals surface area contributed by atoms with Crippen molar-refractivity contribution in [3.05, 3.63) is 48.8 Å². The number of anilines is 2. The van der Waals surface area contributed by atoms with Crippen molar-refractivity contribution in [2.45, 2.75) is 0 Å². The molecular weight excluding hydrogens is 188 g/mol. The third kappa shape index (κ3) is 1.99. The summed E-state index contributed by atoms with van der Waals surface area (Å²) in [6.07, 6.45) is 4.58. The average molecular weight is 198 g/mol. The van der Waals surface area contributed by atoms with Crippen molar-refractivity contribution in [3.63, 3.8) is 0 Å². The summed E-state index contributed by atoms with van der Waals surface area (Å²) in [5.41, 5.74) is 0. The van der Waals surface area contributed by atoms with Crippen LogP contribution in [-0.2, 0) is 0 Å². The highest BCUT2D eigenvalue weighted by atomic mass is 15.2. The van der Waals surface area contributed by atoms with Gasteiger partial charge < -0.3 is 0 Å². The topological polar surface area (TPSA) is 52.9 Å². The van der Waals surface area contributed by atoms with Crippen LogP contribution in [0.3, 0.4) is 0 Å². The molecule has 2 aromatic heterocycles. The third-order valence-corrected chi connectivity index (χ3v) is 1.92. The number of pyridine rings is 2. The normalized spacial score (nSPS) is 9.60. The summed E-state index contributed by atoms with van der Waals surface area (Å²) in [5, 5.41) is 7.36. The van der Waals surface area contributed by atoms with Gasteiger partial charge in [-0.1, -0.05) is 12.1 Å². The standard InChI is InChI=1S/C11H10N4/c12-9-15(10-5-1-3-7-13-10)11-6-2-4-8-14-11/h1-9,12H. The number of rotatable bonds is 3. The van der Waals surface area contributed by atoms with E-state index in [2.05, 4.69) is 9.97 Å². The average Bonchev–Trinajstić information content (AvgIpc) is 2.33. The maximum absolute atomic E-state index is 7.36. The summed E-state index contributed by atoms with van der Waals surface area (Å²) in [6, 6.07) is 11.1. The zero-order chi connectivity index (χ0) is 10.5. The molecule has 0 aromatic carbocycles. The smallest absolute Gasteiger partial charge is 0.139 e. The third-order valence-electron chi connectivity index (χ3n) is 1.92. The van der Waals surface area contributed by atoms with E-state index in [0.29, 0.717) is 11.6 Å². The van der Waals surface area contributed by atoms with Gasteiger partial charge in [-0.3, -0.25) is 10.3 Å². The Labute approximate surface area is 87.7 Å². The zero-order valence-corrected chi connectivity index (χ0v) is 8.04. The van der Waals surface area contributed by atoms with Crippen LogP contribution in [0.4, 0.5) is 11.6 Å². The van der Waals surface area contributed by atoms with Crippen LogP contribution in [0.15, 0.2) is 48.8 Å². The van der Waals surface area contributed by atoms with Gasteiger partial charge in [0.15, 0.2) is 0 Å². The van der Waals surface area contributed by atoms with Gasteiger partial charge in [-0.25, -0.2) is 9.97 Å². The Morgan fingerprint density at radius 2 is 1.47 bits per heavy atom. The van der Waals surface area contributed by atoms with Crippen molar-refractivity contribution in [1.29, 1.82) is 5.41 Å². The molecule has 2 rings (SSSR count). The number of aromatic nitrogens is 2. The SMILES string of the molecule is N=CN(c1ccccn1)c1ccccn1. The zero-order valence-electron chi connectivity index (χ0n) is 8.04. The molecule has 0 amide bonds. The first-order valence-electron chi connectivity index (χ1n) is 4.54. The predicted molar refractivity (Wildman–Crippen MR) is 59.4 cm³/mol. The van der Waals surface area contributed by atoms with E-state index >= 15 is 0 Å². The molecule has 0 saturated heterocycles. The number of nitrogens with zero attached hydrogens (tertiary/aromatic N) is 3. The van der Waals surface area contributed by atoms with Gasteiger partial charge in [0.2, 0.25) is 0 Å². The summed E-state index contributed by atoms with van der Waals surface area (Å²) in [7, 11) is 0. The van der Waals surface area contributed by atoms with Crippen LogP contribution in [0.1, 0.15) is 0 Å². The first-order valence-corrected chi connectivity index (χ1v) is 4.54. The number of hydrogen-bond donors (Lipinski definition) is 1. The van der Waals surface area contributed by atoms with E-state index in [1.807, 2.05) is 36.4 Å². The van der Waals surface area contributed by atoms with Crippen molar-refractivity contribution < 1.29 is 0 Å². The van der Waals surface area contributed by atoms with Crippen LogP contribution in [0.25, 0.3) is 0 Å². The van der Waals surface area contributed by atoms with Crippen LogP contribution in [-0.4, -0.2) is 16.3 Å². The van der Waals surface area contributed by atoms with Crippen molar-refractivity contribution in [3.8, 4) is 0 Å². The molecule has 0 fully saturated rings. The fraction of sp³-hybridized carbons (Fsp3) is 0. The van der Waals surface area contributed by atoms with Gasteiger partial charge in [0, 0.05) is 12.4 Å². The van der Waals surface area contributed by atoms with E-state index in [1.54, 1.807) is 17.3 Å².